The summed E-state index contributed by atoms with van der Waals surface area (Å²) in [5, 5.41) is 15.2. The van der Waals surface area contributed by atoms with Crippen molar-refractivity contribution in [3.63, 3.8) is 0 Å². The topological polar surface area (TPSA) is 52.7 Å². The molecule has 0 aliphatic heterocycles. The molecule has 1 heterocycles. The van der Waals surface area contributed by atoms with Crippen LogP contribution >= 0.6 is 0 Å². The van der Waals surface area contributed by atoms with E-state index in [2.05, 4.69) is 46.1 Å². The van der Waals surface area contributed by atoms with Crippen LogP contribution < -0.4 is 10.6 Å². The fraction of sp³-hybridized carbons (Fsp3) is 0.500. The Labute approximate surface area is 107 Å². The fourth-order valence-electron chi connectivity index (χ4n) is 2.79. The van der Waals surface area contributed by atoms with Gasteiger partial charge in [-0.2, -0.15) is 5.10 Å². The van der Waals surface area contributed by atoms with E-state index in [1.54, 1.807) is 0 Å². The van der Waals surface area contributed by atoms with Crippen molar-refractivity contribution in [2.45, 2.75) is 37.8 Å². The molecule has 0 spiro atoms. The van der Waals surface area contributed by atoms with Crippen molar-refractivity contribution < 1.29 is 0 Å². The molecule has 3 rings (SSSR count). The maximum Gasteiger partial charge on any atom is 0.0651 e. The van der Waals surface area contributed by atoms with E-state index in [4.69, 9.17) is 0 Å². The second-order valence-corrected chi connectivity index (χ2v) is 5.15. The van der Waals surface area contributed by atoms with E-state index in [1.165, 1.54) is 36.8 Å². The lowest BCUT2D eigenvalue weighted by Gasteiger charge is -2.29. The van der Waals surface area contributed by atoms with E-state index in [9.17, 15) is 0 Å². The molecule has 1 fully saturated rings. The third-order valence-corrected chi connectivity index (χ3v) is 3.95. The SMILES string of the molecule is CNC1CCC(Nc2ccc3[nH]ncc3c2)CC1. The minimum Gasteiger partial charge on any atom is -0.382 e. The Morgan fingerprint density at radius 2 is 1.94 bits per heavy atom. The molecule has 1 aromatic carbocycles. The number of benzene rings is 1. The summed E-state index contributed by atoms with van der Waals surface area (Å²) in [6, 6.07) is 7.70. The Kier molecular flexibility index (Phi) is 3.19. The highest BCUT2D eigenvalue weighted by molar-refractivity contribution is 5.81. The van der Waals surface area contributed by atoms with Gasteiger partial charge in [0.25, 0.3) is 0 Å². The highest BCUT2D eigenvalue weighted by Gasteiger charge is 2.19. The Hall–Kier alpha value is -1.55. The summed E-state index contributed by atoms with van der Waals surface area (Å²) < 4.78 is 0. The average molecular weight is 244 g/mol. The van der Waals surface area contributed by atoms with Gasteiger partial charge in [0.05, 0.1) is 11.7 Å². The van der Waals surface area contributed by atoms with Gasteiger partial charge in [0.2, 0.25) is 0 Å². The number of hydrogen-bond acceptors (Lipinski definition) is 3. The summed E-state index contributed by atoms with van der Waals surface area (Å²) in [5.41, 5.74) is 2.30. The second-order valence-electron chi connectivity index (χ2n) is 5.15. The standard InChI is InChI=1S/C14H20N4/c1-15-11-2-4-12(5-3-11)17-13-6-7-14-10(8-13)9-16-18-14/h6-9,11-12,15,17H,2-5H2,1H3,(H,16,18). The van der Waals surface area contributed by atoms with Gasteiger partial charge in [-0.1, -0.05) is 0 Å². The highest BCUT2D eigenvalue weighted by Crippen LogP contribution is 2.23. The summed E-state index contributed by atoms with van der Waals surface area (Å²) in [5.74, 6) is 0. The van der Waals surface area contributed by atoms with Crippen LogP contribution in [0.1, 0.15) is 25.7 Å². The molecule has 4 heteroatoms. The van der Waals surface area contributed by atoms with Gasteiger partial charge in [-0.25, -0.2) is 0 Å². The molecule has 0 bridgehead atoms. The summed E-state index contributed by atoms with van der Waals surface area (Å²) in [7, 11) is 2.06. The lowest BCUT2D eigenvalue weighted by molar-refractivity contribution is 0.371. The van der Waals surface area contributed by atoms with Crippen LogP contribution in [-0.4, -0.2) is 29.3 Å². The van der Waals surface area contributed by atoms with Crippen molar-refractivity contribution >= 4 is 16.6 Å². The molecule has 1 aliphatic carbocycles. The molecule has 0 saturated heterocycles. The number of nitrogens with zero attached hydrogens (tertiary/aromatic N) is 1. The molecule has 2 aromatic rings. The quantitative estimate of drug-likeness (QED) is 0.777. The number of hydrogen-bond donors (Lipinski definition) is 3. The first-order valence-corrected chi connectivity index (χ1v) is 6.72. The summed E-state index contributed by atoms with van der Waals surface area (Å²) >= 11 is 0. The van der Waals surface area contributed by atoms with Crippen LogP contribution in [0.25, 0.3) is 10.9 Å². The Morgan fingerprint density at radius 3 is 2.72 bits per heavy atom. The molecule has 0 radical (unpaired) electrons. The van der Waals surface area contributed by atoms with Gasteiger partial charge in [-0.05, 0) is 50.9 Å². The van der Waals surface area contributed by atoms with Crippen LogP contribution in [0.4, 0.5) is 5.69 Å². The molecular weight excluding hydrogens is 224 g/mol. The summed E-state index contributed by atoms with van der Waals surface area (Å²) in [4.78, 5) is 0. The van der Waals surface area contributed by atoms with Gasteiger partial charge in [0.1, 0.15) is 0 Å². The first kappa shape index (κ1) is 11.5. The minimum atomic E-state index is 0.610. The van der Waals surface area contributed by atoms with E-state index in [0.29, 0.717) is 12.1 Å². The zero-order chi connectivity index (χ0) is 12.4. The van der Waals surface area contributed by atoms with E-state index < -0.39 is 0 Å². The fourth-order valence-corrected chi connectivity index (χ4v) is 2.79. The lowest BCUT2D eigenvalue weighted by atomic mass is 9.91. The molecule has 0 unspecified atom stereocenters. The number of nitrogens with one attached hydrogen (secondary N) is 3. The molecule has 3 N–H and O–H groups in total. The molecule has 96 valence electrons. The lowest BCUT2D eigenvalue weighted by Crippen LogP contribution is -2.34. The molecule has 18 heavy (non-hydrogen) atoms. The number of anilines is 1. The van der Waals surface area contributed by atoms with Crippen LogP contribution in [0.15, 0.2) is 24.4 Å². The molecule has 0 amide bonds. The van der Waals surface area contributed by atoms with Crippen LogP contribution in [0.3, 0.4) is 0 Å². The van der Waals surface area contributed by atoms with E-state index >= 15 is 0 Å². The van der Waals surface area contributed by atoms with Gasteiger partial charge in [-0.15, -0.1) is 0 Å². The number of fused-ring (bicyclic) bond motifs is 1. The molecule has 4 nitrogen and oxygen atoms in total. The van der Waals surface area contributed by atoms with Gasteiger partial charge < -0.3 is 10.6 Å². The first-order chi connectivity index (χ1) is 8.85. The van der Waals surface area contributed by atoms with Crippen LogP contribution in [-0.2, 0) is 0 Å². The number of aromatic amines is 1. The number of H-pyrrole nitrogens is 1. The summed E-state index contributed by atoms with van der Waals surface area (Å²) in [6.45, 7) is 0. The highest BCUT2D eigenvalue weighted by atomic mass is 15.1. The van der Waals surface area contributed by atoms with Crippen LogP contribution in [0.5, 0.6) is 0 Å². The van der Waals surface area contributed by atoms with Gasteiger partial charge in [-0.3, -0.25) is 5.10 Å². The molecule has 1 aromatic heterocycles. The zero-order valence-corrected chi connectivity index (χ0v) is 10.7. The van der Waals surface area contributed by atoms with Gasteiger partial charge in [0, 0.05) is 23.2 Å². The van der Waals surface area contributed by atoms with Crippen molar-refractivity contribution in [1.29, 1.82) is 0 Å². The van der Waals surface area contributed by atoms with Crippen molar-refractivity contribution in [3.8, 4) is 0 Å². The molecule has 0 atom stereocenters. The van der Waals surface area contributed by atoms with E-state index in [-0.39, 0.29) is 0 Å². The third kappa shape index (κ3) is 2.34. The van der Waals surface area contributed by atoms with Gasteiger partial charge in [0.15, 0.2) is 0 Å². The van der Waals surface area contributed by atoms with E-state index in [1.807, 2.05) is 6.20 Å². The predicted molar refractivity (Wildman–Crippen MR) is 74.8 cm³/mol. The number of rotatable bonds is 3. The number of aromatic nitrogens is 2. The second kappa shape index (κ2) is 4.98. The Morgan fingerprint density at radius 1 is 1.17 bits per heavy atom. The smallest absolute Gasteiger partial charge is 0.0651 e. The zero-order valence-electron chi connectivity index (χ0n) is 10.7. The first-order valence-electron chi connectivity index (χ1n) is 6.72. The molecular formula is C14H20N4. The Balaban J connectivity index is 1.65. The normalized spacial score (nSPS) is 24.3. The van der Waals surface area contributed by atoms with Gasteiger partial charge >= 0.3 is 0 Å². The van der Waals surface area contributed by atoms with Crippen molar-refractivity contribution in [3.05, 3.63) is 24.4 Å². The minimum absolute atomic E-state index is 0.610. The summed E-state index contributed by atoms with van der Waals surface area (Å²) in [6.07, 6.45) is 6.90. The third-order valence-electron chi connectivity index (χ3n) is 3.95. The molecule has 1 aliphatic rings. The largest absolute Gasteiger partial charge is 0.382 e. The predicted octanol–water partition coefficient (Wildman–Crippen LogP) is 2.51. The Bertz CT molecular complexity index is 511. The van der Waals surface area contributed by atoms with Crippen LogP contribution in [0.2, 0.25) is 0 Å². The molecule has 1 saturated carbocycles. The van der Waals surface area contributed by atoms with Crippen molar-refractivity contribution in [2.75, 3.05) is 12.4 Å². The maximum atomic E-state index is 4.05. The van der Waals surface area contributed by atoms with E-state index in [0.717, 1.165) is 5.52 Å². The monoisotopic (exact) mass is 244 g/mol. The average Bonchev–Trinajstić information content (AvgIpc) is 2.87. The maximum absolute atomic E-state index is 4.05. The van der Waals surface area contributed by atoms with Crippen LogP contribution in [0, 0.1) is 0 Å². The van der Waals surface area contributed by atoms with Crippen molar-refractivity contribution in [1.82, 2.24) is 15.5 Å². The van der Waals surface area contributed by atoms with Crippen molar-refractivity contribution in [2.24, 2.45) is 0 Å².